The second-order valence-electron chi connectivity index (χ2n) is 5.03. The highest BCUT2D eigenvalue weighted by molar-refractivity contribution is 5.94. The molecule has 122 valence electrons. The highest BCUT2D eigenvalue weighted by Gasteiger charge is 2.16. The van der Waals surface area contributed by atoms with Crippen molar-refractivity contribution in [2.45, 2.75) is 13.0 Å². The topological polar surface area (TPSA) is 56.8 Å². The van der Waals surface area contributed by atoms with E-state index in [0.717, 1.165) is 5.56 Å². The van der Waals surface area contributed by atoms with Gasteiger partial charge >= 0.3 is 0 Å². The van der Waals surface area contributed by atoms with Crippen molar-refractivity contribution < 1.29 is 19.0 Å². The number of benzene rings is 2. The third kappa shape index (κ3) is 3.94. The van der Waals surface area contributed by atoms with E-state index in [4.69, 9.17) is 14.2 Å². The number of nitrogens with one attached hydrogen (secondary N) is 1. The summed E-state index contributed by atoms with van der Waals surface area (Å²) in [5.74, 6) is 1.97. The molecule has 5 nitrogen and oxygen atoms in total. The molecule has 0 fully saturated rings. The minimum absolute atomic E-state index is 0.162. The van der Waals surface area contributed by atoms with Crippen LogP contribution in [0.4, 0.5) is 0 Å². The molecule has 0 saturated heterocycles. The van der Waals surface area contributed by atoms with E-state index < -0.39 is 0 Å². The van der Waals surface area contributed by atoms with Crippen molar-refractivity contribution in [1.29, 1.82) is 0 Å². The van der Waals surface area contributed by atoms with E-state index >= 15 is 0 Å². The Morgan fingerprint density at radius 3 is 2.09 bits per heavy atom. The fourth-order valence-electron chi connectivity index (χ4n) is 2.28. The van der Waals surface area contributed by atoms with Crippen LogP contribution in [-0.2, 0) is 0 Å². The second kappa shape index (κ2) is 7.54. The molecule has 2 rings (SSSR count). The molecule has 0 radical (unpaired) electrons. The molecular weight excluding hydrogens is 294 g/mol. The van der Waals surface area contributed by atoms with Crippen molar-refractivity contribution in [3.05, 3.63) is 53.6 Å². The molecule has 0 aliphatic heterocycles. The van der Waals surface area contributed by atoms with E-state index in [-0.39, 0.29) is 11.9 Å². The summed E-state index contributed by atoms with van der Waals surface area (Å²) >= 11 is 0. The zero-order valence-corrected chi connectivity index (χ0v) is 13.8. The van der Waals surface area contributed by atoms with Crippen LogP contribution < -0.4 is 19.5 Å². The van der Waals surface area contributed by atoms with E-state index in [1.54, 1.807) is 45.6 Å². The standard InChI is InChI=1S/C18H21NO4/c1-12(16-11-15(22-3)9-10-17(16)23-4)19-18(20)13-5-7-14(21-2)8-6-13/h5-12H,1-4H3,(H,19,20)/t12-/m0/s1. The molecule has 0 saturated carbocycles. The van der Waals surface area contributed by atoms with Crippen LogP contribution in [0.2, 0.25) is 0 Å². The Kier molecular flexibility index (Phi) is 5.46. The lowest BCUT2D eigenvalue weighted by atomic mass is 10.1. The summed E-state index contributed by atoms with van der Waals surface area (Å²) in [4.78, 5) is 12.4. The second-order valence-corrected chi connectivity index (χ2v) is 5.03. The molecule has 0 aliphatic rings. The Morgan fingerprint density at radius 1 is 0.913 bits per heavy atom. The number of amides is 1. The maximum Gasteiger partial charge on any atom is 0.251 e. The fraction of sp³-hybridized carbons (Fsp3) is 0.278. The first-order valence-corrected chi connectivity index (χ1v) is 7.26. The van der Waals surface area contributed by atoms with Crippen molar-refractivity contribution in [3.63, 3.8) is 0 Å². The first-order valence-electron chi connectivity index (χ1n) is 7.26. The van der Waals surface area contributed by atoms with Crippen LogP contribution in [0.25, 0.3) is 0 Å². The molecule has 0 aromatic heterocycles. The molecule has 23 heavy (non-hydrogen) atoms. The third-order valence-electron chi connectivity index (χ3n) is 3.60. The van der Waals surface area contributed by atoms with Crippen molar-refractivity contribution in [2.24, 2.45) is 0 Å². The Hall–Kier alpha value is -2.69. The van der Waals surface area contributed by atoms with E-state index in [9.17, 15) is 4.79 Å². The normalized spacial score (nSPS) is 11.5. The Balaban J connectivity index is 2.17. The lowest BCUT2D eigenvalue weighted by Gasteiger charge is -2.18. The molecule has 0 unspecified atom stereocenters. The molecule has 5 heteroatoms. The zero-order valence-electron chi connectivity index (χ0n) is 13.8. The summed E-state index contributed by atoms with van der Waals surface area (Å²) < 4.78 is 15.7. The number of hydrogen-bond acceptors (Lipinski definition) is 4. The first-order chi connectivity index (χ1) is 11.1. The van der Waals surface area contributed by atoms with Gasteiger partial charge in [0.25, 0.3) is 5.91 Å². The number of ether oxygens (including phenoxy) is 3. The average Bonchev–Trinajstić information content (AvgIpc) is 2.61. The van der Waals surface area contributed by atoms with Crippen LogP contribution in [0, 0.1) is 0 Å². The van der Waals surface area contributed by atoms with Gasteiger partial charge in [0, 0.05) is 11.1 Å². The van der Waals surface area contributed by atoms with Gasteiger partial charge in [0.15, 0.2) is 0 Å². The molecule has 0 bridgehead atoms. The van der Waals surface area contributed by atoms with E-state index in [0.29, 0.717) is 22.8 Å². The van der Waals surface area contributed by atoms with Crippen LogP contribution in [0.3, 0.4) is 0 Å². The van der Waals surface area contributed by atoms with E-state index in [1.807, 2.05) is 25.1 Å². The molecular formula is C18H21NO4. The predicted molar refractivity (Wildman–Crippen MR) is 88.4 cm³/mol. The van der Waals surface area contributed by atoms with Crippen molar-refractivity contribution in [2.75, 3.05) is 21.3 Å². The highest BCUT2D eigenvalue weighted by Crippen LogP contribution is 2.29. The van der Waals surface area contributed by atoms with Crippen LogP contribution in [0.15, 0.2) is 42.5 Å². The molecule has 1 N–H and O–H groups in total. The van der Waals surface area contributed by atoms with Crippen LogP contribution >= 0.6 is 0 Å². The summed E-state index contributed by atoms with van der Waals surface area (Å²) in [6, 6.07) is 12.2. The molecule has 0 aliphatic carbocycles. The van der Waals surface area contributed by atoms with Gasteiger partial charge in [-0.1, -0.05) is 0 Å². The molecule has 0 heterocycles. The molecule has 1 amide bonds. The van der Waals surface area contributed by atoms with Gasteiger partial charge in [-0.05, 0) is 49.4 Å². The summed E-state index contributed by atoms with van der Waals surface area (Å²) in [6.07, 6.45) is 0. The largest absolute Gasteiger partial charge is 0.497 e. The molecule has 1 atom stereocenters. The maximum atomic E-state index is 12.4. The Labute approximate surface area is 136 Å². The summed E-state index contributed by atoms with van der Waals surface area (Å²) in [7, 11) is 4.79. The number of methoxy groups -OCH3 is 3. The van der Waals surface area contributed by atoms with E-state index in [2.05, 4.69) is 5.32 Å². The van der Waals surface area contributed by atoms with Gasteiger partial charge in [0.1, 0.15) is 17.2 Å². The summed E-state index contributed by atoms with van der Waals surface area (Å²) in [5, 5.41) is 2.96. The number of carbonyl (C=O) groups is 1. The van der Waals surface area contributed by atoms with Gasteiger partial charge in [-0.3, -0.25) is 4.79 Å². The van der Waals surface area contributed by atoms with Crippen LogP contribution in [-0.4, -0.2) is 27.2 Å². The number of carbonyl (C=O) groups excluding carboxylic acids is 1. The smallest absolute Gasteiger partial charge is 0.251 e. The maximum absolute atomic E-state index is 12.4. The quantitative estimate of drug-likeness (QED) is 0.889. The number of hydrogen-bond donors (Lipinski definition) is 1. The first kappa shape index (κ1) is 16.7. The number of rotatable bonds is 6. The predicted octanol–water partition coefficient (Wildman–Crippen LogP) is 3.20. The summed E-state index contributed by atoms with van der Waals surface area (Å²) in [5.41, 5.74) is 1.42. The molecule has 2 aromatic carbocycles. The lowest BCUT2D eigenvalue weighted by Crippen LogP contribution is -2.26. The molecule has 0 spiro atoms. The van der Waals surface area contributed by atoms with Gasteiger partial charge < -0.3 is 19.5 Å². The van der Waals surface area contributed by atoms with Crippen LogP contribution in [0.1, 0.15) is 28.9 Å². The van der Waals surface area contributed by atoms with Gasteiger partial charge in [-0.2, -0.15) is 0 Å². The minimum Gasteiger partial charge on any atom is -0.497 e. The van der Waals surface area contributed by atoms with Gasteiger partial charge in [0.2, 0.25) is 0 Å². The Bertz CT molecular complexity index is 667. The summed E-state index contributed by atoms with van der Waals surface area (Å²) in [6.45, 7) is 1.90. The van der Waals surface area contributed by atoms with Crippen molar-refractivity contribution in [3.8, 4) is 17.2 Å². The Morgan fingerprint density at radius 2 is 1.52 bits per heavy atom. The van der Waals surface area contributed by atoms with Crippen molar-refractivity contribution in [1.82, 2.24) is 5.32 Å². The average molecular weight is 315 g/mol. The highest BCUT2D eigenvalue weighted by atomic mass is 16.5. The van der Waals surface area contributed by atoms with Gasteiger partial charge in [-0.25, -0.2) is 0 Å². The third-order valence-corrected chi connectivity index (χ3v) is 3.60. The lowest BCUT2D eigenvalue weighted by molar-refractivity contribution is 0.0939. The zero-order chi connectivity index (χ0) is 16.8. The minimum atomic E-state index is -0.227. The van der Waals surface area contributed by atoms with Crippen LogP contribution in [0.5, 0.6) is 17.2 Å². The van der Waals surface area contributed by atoms with E-state index in [1.165, 1.54) is 0 Å². The SMILES string of the molecule is COc1ccc(C(=O)N[C@@H](C)c2cc(OC)ccc2OC)cc1. The van der Waals surface area contributed by atoms with Crippen molar-refractivity contribution >= 4 is 5.91 Å². The molecule has 2 aromatic rings. The van der Waals surface area contributed by atoms with Gasteiger partial charge in [-0.15, -0.1) is 0 Å². The monoisotopic (exact) mass is 315 g/mol. The van der Waals surface area contributed by atoms with Gasteiger partial charge in [0.05, 0.1) is 27.4 Å². The fourth-order valence-corrected chi connectivity index (χ4v) is 2.28.